The van der Waals surface area contributed by atoms with E-state index in [0.29, 0.717) is 0 Å². The lowest BCUT2D eigenvalue weighted by Gasteiger charge is -2.21. The molecule has 3 fully saturated rings. The average molecular weight is 179 g/mol. The minimum atomic E-state index is 0.915. The smallest absolute Gasteiger partial charge is 0.00682 e. The summed E-state index contributed by atoms with van der Waals surface area (Å²) in [6.07, 6.45) is 10.6. The van der Waals surface area contributed by atoms with Crippen molar-refractivity contribution in [3.63, 3.8) is 0 Å². The van der Waals surface area contributed by atoms with E-state index in [9.17, 15) is 0 Å². The fraction of sp³-hybridized carbons (Fsp3) is 1.00. The molecule has 74 valence electrons. The Morgan fingerprint density at radius 3 is 2.54 bits per heavy atom. The molecule has 0 aromatic heterocycles. The van der Waals surface area contributed by atoms with Crippen LogP contribution in [0.25, 0.3) is 0 Å². The van der Waals surface area contributed by atoms with Gasteiger partial charge in [-0.2, -0.15) is 0 Å². The summed E-state index contributed by atoms with van der Waals surface area (Å²) in [4.78, 5) is 0. The minimum Gasteiger partial charge on any atom is -0.314 e. The van der Waals surface area contributed by atoms with Gasteiger partial charge in [-0.25, -0.2) is 0 Å². The number of hydrogen-bond acceptors (Lipinski definition) is 1. The van der Waals surface area contributed by atoms with Crippen LogP contribution in [0.3, 0.4) is 0 Å². The van der Waals surface area contributed by atoms with E-state index in [-0.39, 0.29) is 0 Å². The third-order valence-corrected chi connectivity index (χ3v) is 4.41. The molecular weight excluding hydrogens is 158 g/mol. The van der Waals surface area contributed by atoms with Crippen molar-refractivity contribution in [1.29, 1.82) is 0 Å². The van der Waals surface area contributed by atoms with Crippen molar-refractivity contribution in [2.24, 2.45) is 17.8 Å². The number of fused-ring (bicyclic) bond motifs is 2. The first kappa shape index (κ1) is 8.28. The number of hydrogen-bond donors (Lipinski definition) is 1. The normalized spacial score (nSPS) is 42.9. The van der Waals surface area contributed by atoms with Gasteiger partial charge < -0.3 is 5.32 Å². The van der Waals surface area contributed by atoms with Crippen LogP contribution < -0.4 is 5.32 Å². The molecule has 0 aliphatic heterocycles. The molecule has 0 aromatic rings. The van der Waals surface area contributed by atoms with Crippen LogP contribution in [-0.4, -0.2) is 12.6 Å². The largest absolute Gasteiger partial charge is 0.314 e. The summed E-state index contributed by atoms with van der Waals surface area (Å²) in [5.41, 5.74) is 0. The van der Waals surface area contributed by atoms with Crippen molar-refractivity contribution in [2.45, 2.75) is 51.0 Å². The van der Waals surface area contributed by atoms with Crippen LogP contribution in [-0.2, 0) is 0 Å². The molecule has 3 aliphatic rings. The zero-order valence-electron chi connectivity index (χ0n) is 8.47. The van der Waals surface area contributed by atoms with Crippen molar-refractivity contribution < 1.29 is 0 Å². The van der Waals surface area contributed by atoms with E-state index in [2.05, 4.69) is 5.32 Å². The zero-order valence-corrected chi connectivity index (χ0v) is 8.47. The Labute approximate surface area is 81.3 Å². The SMILES string of the molecule is C(C[C@@H]1C[C@H]2CC[C@H]1C2)NC1CC1. The fourth-order valence-electron chi connectivity index (χ4n) is 3.49. The summed E-state index contributed by atoms with van der Waals surface area (Å²) in [5, 5.41) is 3.64. The molecule has 1 nitrogen and oxygen atoms in total. The molecule has 0 radical (unpaired) electrons. The van der Waals surface area contributed by atoms with Gasteiger partial charge in [0.1, 0.15) is 0 Å². The zero-order chi connectivity index (χ0) is 8.67. The summed E-state index contributed by atoms with van der Waals surface area (Å²) in [6.45, 7) is 1.30. The van der Waals surface area contributed by atoms with E-state index in [0.717, 1.165) is 23.8 Å². The monoisotopic (exact) mass is 179 g/mol. The highest BCUT2D eigenvalue weighted by molar-refractivity contribution is 4.90. The van der Waals surface area contributed by atoms with Crippen LogP contribution in [0, 0.1) is 17.8 Å². The maximum absolute atomic E-state index is 3.64. The molecule has 3 aliphatic carbocycles. The van der Waals surface area contributed by atoms with Gasteiger partial charge in [0.05, 0.1) is 0 Å². The van der Waals surface area contributed by atoms with Gasteiger partial charge in [-0.15, -0.1) is 0 Å². The lowest BCUT2D eigenvalue weighted by Crippen LogP contribution is -2.22. The summed E-state index contributed by atoms with van der Waals surface area (Å²) in [6, 6.07) is 0.915. The molecule has 3 rings (SSSR count). The summed E-state index contributed by atoms with van der Waals surface area (Å²) in [5.74, 6) is 3.37. The molecule has 0 amide bonds. The summed E-state index contributed by atoms with van der Waals surface area (Å²) < 4.78 is 0. The summed E-state index contributed by atoms with van der Waals surface area (Å²) >= 11 is 0. The Morgan fingerprint density at radius 1 is 1.00 bits per heavy atom. The number of nitrogens with one attached hydrogen (secondary N) is 1. The summed E-state index contributed by atoms with van der Waals surface area (Å²) in [7, 11) is 0. The van der Waals surface area contributed by atoms with Crippen molar-refractivity contribution >= 4 is 0 Å². The molecule has 2 bridgehead atoms. The average Bonchev–Trinajstić information content (AvgIpc) is 2.74. The molecule has 0 saturated heterocycles. The van der Waals surface area contributed by atoms with Gasteiger partial charge in [-0.3, -0.25) is 0 Å². The van der Waals surface area contributed by atoms with Gasteiger partial charge in [-0.1, -0.05) is 6.42 Å². The van der Waals surface area contributed by atoms with Crippen LogP contribution in [0.15, 0.2) is 0 Å². The second-order valence-electron chi connectivity index (χ2n) is 5.45. The van der Waals surface area contributed by atoms with E-state index in [1.165, 1.54) is 25.8 Å². The molecule has 0 aromatic carbocycles. The van der Waals surface area contributed by atoms with E-state index < -0.39 is 0 Å². The van der Waals surface area contributed by atoms with E-state index in [1.54, 1.807) is 25.7 Å². The molecule has 1 N–H and O–H groups in total. The number of rotatable bonds is 4. The predicted molar refractivity (Wildman–Crippen MR) is 54.6 cm³/mol. The third kappa shape index (κ3) is 1.76. The van der Waals surface area contributed by atoms with Crippen LogP contribution >= 0.6 is 0 Å². The van der Waals surface area contributed by atoms with Crippen LogP contribution in [0.4, 0.5) is 0 Å². The van der Waals surface area contributed by atoms with Crippen molar-refractivity contribution in [2.75, 3.05) is 6.54 Å². The van der Waals surface area contributed by atoms with Crippen LogP contribution in [0.5, 0.6) is 0 Å². The molecule has 3 atom stereocenters. The van der Waals surface area contributed by atoms with Gasteiger partial charge in [0.2, 0.25) is 0 Å². The van der Waals surface area contributed by atoms with Gasteiger partial charge in [0.25, 0.3) is 0 Å². The molecule has 0 spiro atoms. The van der Waals surface area contributed by atoms with Crippen molar-refractivity contribution in [3.8, 4) is 0 Å². The quantitative estimate of drug-likeness (QED) is 0.699. The molecule has 13 heavy (non-hydrogen) atoms. The van der Waals surface area contributed by atoms with Gasteiger partial charge in [0.15, 0.2) is 0 Å². The predicted octanol–water partition coefficient (Wildman–Crippen LogP) is 2.56. The Bertz CT molecular complexity index is 186. The highest BCUT2D eigenvalue weighted by Crippen LogP contribution is 2.49. The Kier molecular flexibility index (Phi) is 2.08. The highest BCUT2D eigenvalue weighted by Gasteiger charge is 2.38. The molecular formula is C12H21N. The fourth-order valence-corrected chi connectivity index (χ4v) is 3.49. The second-order valence-corrected chi connectivity index (χ2v) is 5.45. The van der Waals surface area contributed by atoms with Crippen LogP contribution in [0.2, 0.25) is 0 Å². The topological polar surface area (TPSA) is 12.0 Å². The molecule has 3 saturated carbocycles. The molecule has 0 heterocycles. The maximum Gasteiger partial charge on any atom is 0.00682 e. The second kappa shape index (κ2) is 3.27. The third-order valence-electron chi connectivity index (χ3n) is 4.41. The first-order valence-corrected chi connectivity index (χ1v) is 6.15. The van der Waals surface area contributed by atoms with E-state index in [4.69, 9.17) is 0 Å². The van der Waals surface area contributed by atoms with Gasteiger partial charge in [0, 0.05) is 6.04 Å². The molecule has 1 heteroatoms. The first-order valence-electron chi connectivity index (χ1n) is 6.15. The lowest BCUT2D eigenvalue weighted by molar-refractivity contribution is 0.310. The van der Waals surface area contributed by atoms with Crippen molar-refractivity contribution in [1.82, 2.24) is 5.32 Å². The minimum absolute atomic E-state index is 0.915. The van der Waals surface area contributed by atoms with Crippen LogP contribution in [0.1, 0.15) is 44.9 Å². The van der Waals surface area contributed by atoms with Crippen molar-refractivity contribution in [3.05, 3.63) is 0 Å². The Balaban J connectivity index is 1.40. The lowest BCUT2D eigenvalue weighted by atomic mass is 9.86. The Morgan fingerprint density at radius 2 is 1.92 bits per heavy atom. The van der Waals surface area contributed by atoms with Gasteiger partial charge >= 0.3 is 0 Å². The molecule has 0 unspecified atom stereocenters. The Hall–Kier alpha value is -0.0400. The maximum atomic E-state index is 3.64. The van der Waals surface area contributed by atoms with E-state index >= 15 is 0 Å². The van der Waals surface area contributed by atoms with E-state index in [1.807, 2.05) is 0 Å². The first-order chi connectivity index (χ1) is 6.42. The van der Waals surface area contributed by atoms with Gasteiger partial charge in [-0.05, 0) is 62.8 Å². The highest BCUT2D eigenvalue weighted by atomic mass is 14.9. The standard InChI is InChI=1S/C12H21N/c1-2-10-7-9(1)8-11(10)5-6-13-12-3-4-12/h9-13H,1-8H2/t9-,10-,11+/m0/s1.